The molecule has 0 bridgehead atoms. The topological polar surface area (TPSA) is 9.23 Å². The highest BCUT2D eigenvalue weighted by Crippen LogP contribution is 2.44. The third-order valence-corrected chi connectivity index (χ3v) is 6.38. The van der Waals surface area contributed by atoms with Crippen molar-refractivity contribution in [2.75, 3.05) is 6.61 Å². The molecule has 0 N–H and O–H groups in total. The van der Waals surface area contributed by atoms with Gasteiger partial charge in [0.15, 0.2) is 11.6 Å². The molecule has 2 aliphatic carbocycles. The predicted octanol–water partition coefficient (Wildman–Crippen LogP) is 6.63. The lowest BCUT2D eigenvalue weighted by molar-refractivity contribution is 0.237. The Kier molecular flexibility index (Phi) is 5.81. The van der Waals surface area contributed by atoms with Gasteiger partial charge in [0, 0.05) is 0 Å². The molecular weight excluding hydrogens is 318 g/mol. The maximum atomic E-state index is 14.5. The van der Waals surface area contributed by atoms with E-state index in [0.717, 1.165) is 25.7 Å². The Hall–Kier alpha value is -1.38. The average Bonchev–Trinajstić information content (AvgIpc) is 2.62. The minimum absolute atomic E-state index is 0.0226. The molecule has 2 unspecified atom stereocenters. The Morgan fingerprint density at radius 3 is 2.36 bits per heavy atom. The van der Waals surface area contributed by atoms with E-state index in [1.807, 2.05) is 0 Å². The molecular formula is C22H30F2O. The summed E-state index contributed by atoms with van der Waals surface area (Å²) in [4.78, 5) is 0. The summed E-state index contributed by atoms with van der Waals surface area (Å²) in [6, 6.07) is 3.30. The Balaban J connectivity index is 1.66. The molecule has 0 amide bonds. The van der Waals surface area contributed by atoms with Crippen molar-refractivity contribution in [1.29, 1.82) is 0 Å². The molecule has 0 heterocycles. The summed E-state index contributed by atoms with van der Waals surface area (Å²) in [6.45, 7) is 6.67. The second-order valence-electron chi connectivity index (χ2n) is 7.88. The minimum Gasteiger partial charge on any atom is -0.491 e. The molecule has 138 valence electrons. The van der Waals surface area contributed by atoms with Crippen molar-refractivity contribution in [2.45, 2.75) is 65.2 Å². The van der Waals surface area contributed by atoms with Crippen LogP contribution in [0.2, 0.25) is 0 Å². The number of benzene rings is 1. The van der Waals surface area contributed by atoms with Crippen molar-refractivity contribution in [1.82, 2.24) is 0 Å². The number of hydrogen-bond acceptors (Lipinski definition) is 1. The summed E-state index contributed by atoms with van der Waals surface area (Å²) in [6.07, 6.45) is 9.17. The smallest absolute Gasteiger partial charge is 0.200 e. The molecule has 25 heavy (non-hydrogen) atoms. The van der Waals surface area contributed by atoms with Crippen LogP contribution in [0.3, 0.4) is 0 Å². The number of allylic oxidation sites excluding steroid dienone is 2. The van der Waals surface area contributed by atoms with Crippen molar-refractivity contribution in [3.63, 3.8) is 0 Å². The van der Waals surface area contributed by atoms with Crippen LogP contribution in [0, 0.1) is 29.4 Å². The van der Waals surface area contributed by atoms with Crippen molar-refractivity contribution in [2.24, 2.45) is 17.8 Å². The van der Waals surface area contributed by atoms with Crippen LogP contribution in [-0.4, -0.2) is 6.61 Å². The van der Waals surface area contributed by atoms with Crippen molar-refractivity contribution < 1.29 is 13.5 Å². The summed E-state index contributed by atoms with van der Waals surface area (Å²) >= 11 is 0. The van der Waals surface area contributed by atoms with Crippen LogP contribution in [0.1, 0.15) is 70.8 Å². The fraction of sp³-hybridized carbons (Fsp3) is 0.636. The van der Waals surface area contributed by atoms with Crippen LogP contribution >= 0.6 is 0 Å². The Bertz CT molecular complexity index is 629. The standard InChI is InChI=1S/C22H30F2O/c1-4-25-20-12-11-19(21(23)22(20)24)17-9-7-16(8-10-17)18-6-5-14(2)15(3)13-18/h11-14,16-18H,4-10H2,1-3H3. The average molecular weight is 348 g/mol. The van der Waals surface area contributed by atoms with Gasteiger partial charge in [-0.05, 0) is 87.7 Å². The molecule has 2 aliphatic rings. The molecule has 1 nitrogen and oxygen atoms in total. The maximum Gasteiger partial charge on any atom is 0.200 e. The number of halogens is 2. The van der Waals surface area contributed by atoms with Gasteiger partial charge in [-0.15, -0.1) is 0 Å². The van der Waals surface area contributed by atoms with E-state index in [0.29, 0.717) is 29.9 Å². The molecule has 3 rings (SSSR count). The van der Waals surface area contributed by atoms with Crippen molar-refractivity contribution in [3.8, 4) is 5.75 Å². The van der Waals surface area contributed by atoms with Crippen LogP contribution in [0.5, 0.6) is 5.75 Å². The zero-order valence-corrected chi connectivity index (χ0v) is 15.7. The summed E-state index contributed by atoms with van der Waals surface area (Å²) in [5.74, 6) is 0.711. The monoisotopic (exact) mass is 348 g/mol. The van der Waals surface area contributed by atoms with Crippen molar-refractivity contribution in [3.05, 3.63) is 41.0 Å². The third kappa shape index (κ3) is 3.91. The number of ether oxygens (including phenoxy) is 1. The van der Waals surface area contributed by atoms with E-state index >= 15 is 0 Å². The quantitative estimate of drug-likeness (QED) is 0.555. The van der Waals surface area contributed by atoms with Gasteiger partial charge in [0.25, 0.3) is 0 Å². The zero-order chi connectivity index (χ0) is 18.0. The van der Waals surface area contributed by atoms with Gasteiger partial charge in [-0.2, -0.15) is 4.39 Å². The van der Waals surface area contributed by atoms with Gasteiger partial charge in [-0.25, -0.2) is 4.39 Å². The number of hydrogen-bond donors (Lipinski definition) is 0. The Morgan fingerprint density at radius 1 is 1.00 bits per heavy atom. The second-order valence-corrected chi connectivity index (χ2v) is 7.88. The van der Waals surface area contributed by atoms with Crippen LogP contribution in [0.25, 0.3) is 0 Å². The van der Waals surface area contributed by atoms with E-state index in [-0.39, 0.29) is 11.7 Å². The molecule has 0 radical (unpaired) electrons. The predicted molar refractivity (Wildman–Crippen MR) is 97.9 cm³/mol. The van der Waals surface area contributed by atoms with Gasteiger partial charge in [0.2, 0.25) is 5.82 Å². The van der Waals surface area contributed by atoms with E-state index in [2.05, 4.69) is 19.9 Å². The van der Waals surface area contributed by atoms with Gasteiger partial charge in [0.1, 0.15) is 0 Å². The largest absolute Gasteiger partial charge is 0.491 e. The molecule has 3 heteroatoms. The summed E-state index contributed by atoms with van der Waals surface area (Å²) in [5.41, 5.74) is 2.06. The summed E-state index contributed by atoms with van der Waals surface area (Å²) in [5, 5.41) is 0. The lowest BCUT2D eigenvalue weighted by Gasteiger charge is -2.36. The second kappa shape index (κ2) is 7.88. The van der Waals surface area contributed by atoms with Gasteiger partial charge in [0.05, 0.1) is 6.61 Å². The molecule has 1 saturated carbocycles. The summed E-state index contributed by atoms with van der Waals surface area (Å²) < 4.78 is 33.7. The molecule has 1 aromatic rings. The van der Waals surface area contributed by atoms with Crippen LogP contribution < -0.4 is 4.74 Å². The molecule has 0 aromatic heterocycles. The Labute approximate surface area is 150 Å². The molecule has 0 spiro atoms. The SMILES string of the molecule is CCOc1ccc(C2CCC(C3C=C(C)C(C)CC3)CC2)c(F)c1F. The van der Waals surface area contributed by atoms with Crippen molar-refractivity contribution >= 4 is 0 Å². The third-order valence-electron chi connectivity index (χ3n) is 6.38. The lowest BCUT2D eigenvalue weighted by Crippen LogP contribution is -2.23. The summed E-state index contributed by atoms with van der Waals surface area (Å²) in [7, 11) is 0. The van der Waals surface area contributed by atoms with Gasteiger partial charge in [-0.3, -0.25) is 0 Å². The molecule has 0 saturated heterocycles. The molecule has 1 fully saturated rings. The first kappa shape index (κ1) is 18.4. The van der Waals surface area contributed by atoms with E-state index in [1.165, 1.54) is 18.4 Å². The fourth-order valence-corrected chi connectivity index (χ4v) is 4.61. The van der Waals surface area contributed by atoms with Crippen LogP contribution in [0.4, 0.5) is 8.78 Å². The minimum atomic E-state index is -0.832. The number of rotatable bonds is 4. The first-order chi connectivity index (χ1) is 12.0. The normalized spacial score (nSPS) is 30.0. The van der Waals surface area contributed by atoms with E-state index in [4.69, 9.17) is 4.74 Å². The van der Waals surface area contributed by atoms with E-state index < -0.39 is 11.6 Å². The first-order valence-electron chi connectivity index (χ1n) is 9.80. The van der Waals surface area contributed by atoms with Crippen LogP contribution in [0.15, 0.2) is 23.8 Å². The van der Waals surface area contributed by atoms with E-state index in [9.17, 15) is 8.78 Å². The highest BCUT2D eigenvalue weighted by atomic mass is 19.2. The molecule has 0 aliphatic heterocycles. The Morgan fingerprint density at radius 2 is 1.72 bits per heavy atom. The van der Waals surface area contributed by atoms with Gasteiger partial charge in [-0.1, -0.05) is 24.6 Å². The zero-order valence-electron chi connectivity index (χ0n) is 15.7. The first-order valence-corrected chi connectivity index (χ1v) is 9.80. The van der Waals surface area contributed by atoms with Crippen LogP contribution in [-0.2, 0) is 0 Å². The van der Waals surface area contributed by atoms with E-state index in [1.54, 1.807) is 19.1 Å². The van der Waals surface area contributed by atoms with Gasteiger partial charge < -0.3 is 4.74 Å². The highest BCUT2D eigenvalue weighted by molar-refractivity contribution is 5.33. The van der Waals surface area contributed by atoms with Gasteiger partial charge >= 0.3 is 0 Å². The molecule has 1 aromatic carbocycles. The molecule has 2 atom stereocenters. The highest BCUT2D eigenvalue weighted by Gasteiger charge is 2.31. The lowest BCUT2D eigenvalue weighted by atomic mass is 9.69. The fourth-order valence-electron chi connectivity index (χ4n) is 4.61. The maximum absolute atomic E-state index is 14.5.